The van der Waals surface area contributed by atoms with Crippen LogP contribution >= 0.6 is 0 Å². The molecule has 0 bridgehead atoms. The maximum Gasteiger partial charge on any atom is 0.242 e. The quantitative estimate of drug-likeness (QED) is 0.519. The molecule has 30 heavy (non-hydrogen) atoms. The van der Waals surface area contributed by atoms with Crippen LogP contribution in [0.25, 0.3) is 0 Å². The Morgan fingerprint density at radius 1 is 0.967 bits per heavy atom. The van der Waals surface area contributed by atoms with Crippen LogP contribution in [-0.4, -0.2) is 48.4 Å². The van der Waals surface area contributed by atoms with Gasteiger partial charge in [-0.1, -0.05) is 51.1 Å². The number of hydrogen-bond donors (Lipinski definition) is 0. The lowest BCUT2D eigenvalue weighted by Gasteiger charge is -2.29. The maximum atomic E-state index is 13.2. The van der Waals surface area contributed by atoms with E-state index in [1.807, 2.05) is 63.2 Å². The average Bonchev–Trinajstić information content (AvgIpc) is 3.19. The van der Waals surface area contributed by atoms with Crippen molar-refractivity contribution in [3.05, 3.63) is 60.1 Å². The number of furan rings is 1. The van der Waals surface area contributed by atoms with Crippen molar-refractivity contribution in [2.75, 3.05) is 26.8 Å². The zero-order chi connectivity index (χ0) is 22.0. The van der Waals surface area contributed by atoms with E-state index in [4.69, 9.17) is 9.15 Å². The summed E-state index contributed by atoms with van der Waals surface area (Å²) in [5, 5.41) is 0. The van der Waals surface area contributed by atoms with Gasteiger partial charge in [-0.3, -0.25) is 9.59 Å². The highest BCUT2D eigenvalue weighted by molar-refractivity contribution is 5.85. The molecule has 0 saturated heterocycles. The summed E-state index contributed by atoms with van der Waals surface area (Å²) in [6.45, 7) is 7.99. The Morgan fingerprint density at radius 3 is 2.30 bits per heavy atom. The van der Waals surface area contributed by atoms with Crippen molar-refractivity contribution in [2.45, 2.75) is 46.7 Å². The molecular weight excluding hydrogens is 380 g/mol. The van der Waals surface area contributed by atoms with E-state index in [0.29, 0.717) is 44.8 Å². The number of rotatable bonds is 11. The van der Waals surface area contributed by atoms with Gasteiger partial charge in [0, 0.05) is 33.2 Å². The Bertz CT molecular complexity index is 766. The standard InChI is InChI=1S/C24H34N2O4/c1-24(2,3)16-22(27)25(13-9-14-29-4)19-23(28)26(18-21-12-8-15-30-21)17-20-10-6-5-7-11-20/h5-8,10-12,15H,9,13-14,16-19H2,1-4H3. The van der Waals surface area contributed by atoms with Gasteiger partial charge in [0.1, 0.15) is 5.76 Å². The molecule has 6 heteroatoms. The van der Waals surface area contributed by atoms with Crippen LogP contribution in [0, 0.1) is 5.41 Å². The van der Waals surface area contributed by atoms with Crippen LogP contribution in [0.1, 0.15) is 44.9 Å². The molecule has 0 aliphatic carbocycles. The number of methoxy groups -OCH3 is 1. The molecule has 0 atom stereocenters. The van der Waals surface area contributed by atoms with Gasteiger partial charge in [-0.2, -0.15) is 0 Å². The lowest BCUT2D eigenvalue weighted by atomic mass is 9.91. The number of hydrogen-bond acceptors (Lipinski definition) is 4. The van der Waals surface area contributed by atoms with Crippen molar-refractivity contribution >= 4 is 11.8 Å². The van der Waals surface area contributed by atoms with Crippen molar-refractivity contribution in [3.8, 4) is 0 Å². The van der Waals surface area contributed by atoms with Gasteiger partial charge in [-0.15, -0.1) is 0 Å². The van der Waals surface area contributed by atoms with Gasteiger partial charge in [0.15, 0.2) is 0 Å². The summed E-state index contributed by atoms with van der Waals surface area (Å²) in [5.41, 5.74) is 0.890. The molecule has 6 nitrogen and oxygen atoms in total. The van der Waals surface area contributed by atoms with Gasteiger partial charge in [-0.05, 0) is 29.5 Å². The molecule has 1 aromatic carbocycles. The first-order valence-electron chi connectivity index (χ1n) is 10.4. The summed E-state index contributed by atoms with van der Waals surface area (Å²) in [4.78, 5) is 29.5. The molecule has 0 aliphatic rings. The smallest absolute Gasteiger partial charge is 0.242 e. The fourth-order valence-corrected chi connectivity index (χ4v) is 3.15. The van der Waals surface area contributed by atoms with Crippen LogP contribution in [-0.2, 0) is 27.4 Å². The van der Waals surface area contributed by atoms with Gasteiger partial charge >= 0.3 is 0 Å². The largest absolute Gasteiger partial charge is 0.467 e. The van der Waals surface area contributed by atoms with Crippen LogP contribution in [0.15, 0.2) is 53.1 Å². The second kappa shape index (κ2) is 11.6. The summed E-state index contributed by atoms with van der Waals surface area (Å²) in [6.07, 6.45) is 2.69. The molecule has 0 saturated carbocycles. The molecule has 0 fully saturated rings. The van der Waals surface area contributed by atoms with E-state index in [9.17, 15) is 9.59 Å². The third-order valence-electron chi connectivity index (χ3n) is 4.63. The minimum absolute atomic E-state index is 0.00962. The Labute approximate surface area is 179 Å². The first-order valence-corrected chi connectivity index (χ1v) is 10.4. The van der Waals surface area contributed by atoms with Crippen molar-refractivity contribution in [1.29, 1.82) is 0 Å². The molecule has 1 aromatic heterocycles. The minimum atomic E-state index is -0.141. The Hall–Kier alpha value is -2.60. The fourth-order valence-electron chi connectivity index (χ4n) is 3.15. The molecule has 0 unspecified atom stereocenters. The van der Waals surface area contributed by atoms with Crippen molar-refractivity contribution in [2.24, 2.45) is 5.41 Å². The van der Waals surface area contributed by atoms with Crippen molar-refractivity contribution in [1.82, 2.24) is 9.80 Å². The highest BCUT2D eigenvalue weighted by Gasteiger charge is 2.25. The SMILES string of the molecule is COCCCN(CC(=O)N(Cc1ccccc1)Cc1ccco1)C(=O)CC(C)(C)C. The average molecular weight is 415 g/mol. The first kappa shape index (κ1) is 23.7. The van der Waals surface area contributed by atoms with Gasteiger partial charge < -0.3 is 19.0 Å². The summed E-state index contributed by atoms with van der Waals surface area (Å²) in [5.74, 6) is 0.603. The monoisotopic (exact) mass is 414 g/mol. The topological polar surface area (TPSA) is 63.0 Å². The lowest BCUT2D eigenvalue weighted by Crippen LogP contribution is -2.43. The number of benzene rings is 1. The van der Waals surface area contributed by atoms with Crippen LogP contribution in [0.3, 0.4) is 0 Å². The fraction of sp³-hybridized carbons (Fsp3) is 0.500. The van der Waals surface area contributed by atoms with Crippen LogP contribution in [0.5, 0.6) is 0 Å². The molecule has 1 heterocycles. The number of nitrogens with zero attached hydrogens (tertiary/aromatic N) is 2. The van der Waals surface area contributed by atoms with E-state index in [0.717, 1.165) is 5.56 Å². The molecule has 2 amide bonds. The van der Waals surface area contributed by atoms with E-state index < -0.39 is 0 Å². The van der Waals surface area contributed by atoms with E-state index >= 15 is 0 Å². The highest BCUT2D eigenvalue weighted by atomic mass is 16.5. The maximum absolute atomic E-state index is 13.2. The second-order valence-electron chi connectivity index (χ2n) is 8.71. The molecule has 0 N–H and O–H groups in total. The van der Waals surface area contributed by atoms with Gasteiger partial charge in [0.2, 0.25) is 11.8 Å². The molecular formula is C24H34N2O4. The normalized spacial score (nSPS) is 11.3. The summed E-state index contributed by atoms with van der Waals surface area (Å²) < 4.78 is 10.6. The van der Waals surface area contributed by atoms with E-state index in [1.165, 1.54) is 0 Å². The lowest BCUT2D eigenvalue weighted by molar-refractivity contribution is -0.142. The first-order chi connectivity index (χ1) is 14.3. The van der Waals surface area contributed by atoms with Crippen LogP contribution in [0.4, 0.5) is 0 Å². The second-order valence-corrected chi connectivity index (χ2v) is 8.71. The van der Waals surface area contributed by atoms with E-state index in [-0.39, 0.29) is 23.8 Å². The molecule has 0 aliphatic heterocycles. The highest BCUT2D eigenvalue weighted by Crippen LogP contribution is 2.20. The van der Waals surface area contributed by atoms with E-state index in [1.54, 1.807) is 23.2 Å². The summed E-state index contributed by atoms with van der Waals surface area (Å²) >= 11 is 0. The zero-order valence-corrected chi connectivity index (χ0v) is 18.6. The molecule has 2 rings (SSSR count). The van der Waals surface area contributed by atoms with E-state index in [2.05, 4.69) is 0 Å². The van der Waals surface area contributed by atoms with Crippen LogP contribution in [0.2, 0.25) is 0 Å². The Balaban J connectivity index is 2.13. The van der Waals surface area contributed by atoms with Gasteiger partial charge in [0.25, 0.3) is 0 Å². The van der Waals surface area contributed by atoms with Crippen molar-refractivity contribution in [3.63, 3.8) is 0 Å². The van der Waals surface area contributed by atoms with Crippen LogP contribution < -0.4 is 0 Å². The zero-order valence-electron chi connectivity index (χ0n) is 18.6. The number of carbonyl (C=O) groups is 2. The summed E-state index contributed by atoms with van der Waals surface area (Å²) in [7, 11) is 1.64. The van der Waals surface area contributed by atoms with Crippen molar-refractivity contribution < 1.29 is 18.7 Å². The molecule has 164 valence electrons. The Kier molecular flexibility index (Phi) is 9.12. The predicted octanol–water partition coefficient (Wildman–Crippen LogP) is 4.11. The molecule has 0 radical (unpaired) electrons. The van der Waals surface area contributed by atoms with Gasteiger partial charge in [-0.25, -0.2) is 0 Å². The third-order valence-corrected chi connectivity index (χ3v) is 4.63. The Morgan fingerprint density at radius 2 is 1.70 bits per heavy atom. The summed E-state index contributed by atoms with van der Waals surface area (Å²) in [6, 6.07) is 13.5. The minimum Gasteiger partial charge on any atom is -0.467 e. The third kappa shape index (κ3) is 8.41. The van der Waals surface area contributed by atoms with Gasteiger partial charge in [0.05, 0.1) is 19.4 Å². The molecule has 2 aromatic rings. The predicted molar refractivity (Wildman–Crippen MR) is 117 cm³/mol. The molecule has 0 spiro atoms. The number of carbonyl (C=O) groups excluding carboxylic acids is 2. The number of amides is 2. The number of ether oxygens (including phenoxy) is 1.